The number of oxime groups is 1. The third-order valence-corrected chi connectivity index (χ3v) is 14.1. The highest BCUT2D eigenvalue weighted by atomic mass is 16.7. The summed E-state index contributed by atoms with van der Waals surface area (Å²) in [4.78, 5) is 21.8. The molecule has 0 radical (unpaired) electrons. The van der Waals surface area contributed by atoms with E-state index in [1.54, 1.807) is 55.6 Å². The molecule has 0 amide bonds. The molecular formula is C49H94N2O15. The maximum absolute atomic E-state index is 14.3. The van der Waals surface area contributed by atoms with Crippen LogP contribution in [0.2, 0.25) is 0 Å². The van der Waals surface area contributed by atoms with Gasteiger partial charge in [0.25, 0.3) is 0 Å². The van der Waals surface area contributed by atoms with Gasteiger partial charge in [-0.25, -0.2) is 0 Å². The molecule has 0 aliphatic carbocycles. The molecule has 0 spiro atoms. The fourth-order valence-corrected chi connectivity index (χ4v) is 9.79. The molecule has 17 nitrogen and oxygen atoms in total. The molecule has 0 bridgehead atoms. The van der Waals surface area contributed by atoms with Crippen LogP contribution >= 0.6 is 0 Å². The quantitative estimate of drug-likeness (QED) is 0.0491. The summed E-state index contributed by atoms with van der Waals surface area (Å²) in [6.45, 7) is 21.8. The van der Waals surface area contributed by atoms with Crippen LogP contribution in [0, 0.1) is 23.7 Å². The van der Waals surface area contributed by atoms with Crippen molar-refractivity contribution < 1.29 is 73.1 Å². The highest BCUT2D eigenvalue weighted by Crippen LogP contribution is 2.41. The van der Waals surface area contributed by atoms with Crippen LogP contribution in [0.1, 0.15) is 147 Å². The average Bonchev–Trinajstić information content (AvgIpc) is 3.26. The first kappa shape index (κ1) is 60.5. The summed E-state index contributed by atoms with van der Waals surface area (Å²) in [6.07, 6.45) is -1.01. The van der Waals surface area contributed by atoms with E-state index in [1.807, 2.05) is 32.8 Å². The minimum Gasteiger partial charge on any atom is -0.459 e. The first-order chi connectivity index (χ1) is 30.9. The SMILES string of the molecule is CCCCCCCC.CC[C@H]1OC(=O)[C@H](C)[C@@H](O[C@H]2C[C@@](C)(OC)[C@@H](O)[C@H](C)O2)[C@H](C)[C@@H](O[C@@H]2O[C@H](C)C[C@H](N(C)C)[C@H]2O)[C@](C)(O)C[C@@H](C)/C(=N\OCOCCOC)[C@H](C)[C@@H](O)[C@]1(C)O. The molecule has 3 rings (SSSR count). The molecular weight excluding hydrogens is 857 g/mol. The lowest BCUT2D eigenvalue weighted by Gasteiger charge is -2.49. The summed E-state index contributed by atoms with van der Waals surface area (Å²) in [7, 11) is 6.76. The largest absolute Gasteiger partial charge is 0.459 e. The lowest BCUT2D eigenvalue weighted by molar-refractivity contribution is -0.317. The van der Waals surface area contributed by atoms with Gasteiger partial charge in [-0.3, -0.25) is 4.79 Å². The molecule has 66 heavy (non-hydrogen) atoms. The van der Waals surface area contributed by atoms with E-state index >= 15 is 0 Å². The van der Waals surface area contributed by atoms with Crippen molar-refractivity contribution in [2.45, 2.75) is 232 Å². The second-order valence-corrected chi connectivity index (χ2v) is 20.1. The van der Waals surface area contributed by atoms with E-state index in [-0.39, 0.29) is 44.8 Å². The van der Waals surface area contributed by atoms with Gasteiger partial charge in [0.15, 0.2) is 12.6 Å². The minimum atomic E-state index is -1.97. The van der Waals surface area contributed by atoms with Crippen LogP contribution in [-0.2, 0) is 47.5 Å². The molecule has 0 unspecified atom stereocenters. The number of carbonyl (C=O) groups excluding carboxylic acids is 1. The molecule has 3 heterocycles. The number of likely N-dealkylation sites (N-methyl/N-ethyl adjacent to an activating group) is 1. The zero-order chi connectivity index (χ0) is 50.2. The van der Waals surface area contributed by atoms with Crippen LogP contribution in [0.4, 0.5) is 0 Å². The van der Waals surface area contributed by atoms with Gasteiger partial charge >= 0.3 is 5.97 Å². The van der Waals surface area contributed by atoms with Crippen LogP contribution in [0.25, 0.3) is 0 Å². The van der Waals surface area contributed by atoms with Gasteiger partial charge in [0.05, 0.1) is 66.6 Å². The van der Waals surface area contributed by atoms with Gasteiger partial charge in [-0.15, -0.1) is 0 Å². The van der Waals surface area contributed by atoms with E-state index in [4.69, 9.17) is 42.7 Å². The van der Waals surface area contributed by atoms with Crippen LogP contribution in [-0.4, -0.2) is 175 Å². The molecule has 18 atom stereocenters. The lowest BCUT2D eigenvalue weighted by atomic mass is 9.73. The molecule has 3 aliphatic rings. The Morgan fingerprint density at radius 2 is 1.44 bits per heavy atom. The first-order valence-corrected chi connectivity index (χ1v) is 24.7. The van der Waals surface area contributed by atoms with Gasteiger partial charge in [0, 0.05) is 44.4 Å². The van der Waals surface area contributed by atoms with Crippen molar-refractivity contribution in [1.82, 2.24) is 4.90 Å². The van der Waals surface area contributed by atoms with Crippen molar-refractivity contribution in [2.75, 3.05) is 48.3 Å². The molecule has 0 saturated carbocycles. The Bertz CT molecular complexity index is 1400. The van der Waals surface area contributed by atoms with E-state index in [0.717, 1.165) is 0 Å². The number of hydrogen-bond acceptors (Lipinski definition) is 17. The number of esters is 1. The smallest absolute Gasteiger partial charge is 0.311 e. The third-order valence-electron chi connectivity index (χ3n) is 14.1. The Kier molecular flexibility index (Phi) is 26.0. The molecule has 3 aliphatic heterocycles. The summed E-state index contributed by atoms with van der Waals surface area (Å²) >= 11 is 0. The van der Waals surface area contributed by atoms with E-state index in [9.17, 15) is 30.3 Å². The van der Waals surface area contributed by atoms with Crippen molar-refractivity contribution in [2.24, 2.45) is 28.8 Å². The molecule has 3 fully saturated rings. The average molecular weight is 951 g/mol. The lowest BCUT2D eigenvalue weighted by Crippen LogP contribution is -2.61. The summed E-state index contributed by atoms with van der Waals surface area (Å²) < 4.78 is 48.1. The van der Waals surface area contributed by atoms with Crippen LogP contribution in [0.15, 0.2) is 5.16 Å². The Balaban J connectivity index is 0.00000170. The van der Waals surface area contributed by atoms with Crippen molar-refractivity contribution >= 4 is 11.7 Å². The number of methoxy groups -OCH3 is 2. The van der Waals surface area contributed by atoms with Gasteiger partial charge in [-0.05, 0) is 74.9 Å². The molecule has 0 aromatic rings. The van der Waals surface area contributed by atoms with Gasteiger partial charge < -0.3 is 73.2 Å². The van der Waals surface area contributed by atoms with E-state index in [0.29, 0.717) is 18.7 Å². The van der Waals surface area contributed by atoms with Gasteiger partial charge in [0.1, 0.15) is 23.9 Å². The zero-order valence-corrected chi connectivity index (χ0v) is 43.6. The first-order valence-electron chi connectivity index (χ1n) is 24.7. The van der Waals surface area contributed by atoms with E-state index < -0.39 is 102 Å². The highest BCUT2D eigenvalue weighted by molar-refractivity contribution is 5.88. The fraction of sp³-hybridized carbons (Fsp3) is 0.959. The minimum absolute atomic E-state index is 0.0307. The fourth-order valence-electron chi connectivity index (χ4n) is 9.79. The third kappa shape index (κ3) is 16.8. The van der Waals surface area contributed by atoms with E-state index in [1.165, 1.54) is 52.6 Å². The maximum atomic E-state index is 14.3. The molecule has 0 aromatic heterocycles. The maximum Gasteiger partial charge on any atom is 0.311 e. The van der Waals surface area contributed by atoms with Crippen molar-refractivity contribution in [3.63, 3.8) is 0 Å². The molecule has 390 valence electrons. The van der Waals surface area contributed by atoms with E-state index in [2.05, 4.69) is 19.0 Å². The monoisotopic (exact) mass is 951 g/mol. The van der Waals surface area contributed by atoms with Crippen molar-refractivity contribution in [3.05, 3.63) is 0 Å². The van der Waals surface area contributed by atoms with Crippen LogP contribution in [0.5, 0.6) is 0 Å². The highest BCUT2D eigenvalue weighted by Gasteiger charge is 2.53. The Hall–Kier alpha value is -1.58. The summed E-state index contributed by atoms with van der Waals surface area (Å²) in [5, 5.41) is 63.6. The molecule has 0 aromatic carbocycles. The molecule has 17 heteroatoms. The Labute approximate surface area is 397 Å². The Morgan fingerprint density at radius 1 is 0.818 bits per heavy atom. The topological polar surface area (TPSA) is 217 Å². The van der Waals surface area contributed by atoms with Crippen LogP contribution in [0.3, 0.4) is 0 Å². The second-order valence-electron chi connectivity index (χ2n) is 20.1. The number of nitrogens with zero attached hydrogens (tertiary/aromatic N) is 2. The standard InChI is InChI=1S/C41H76N2O15.C8H18/c1-15-29-41(10,49)34(45)24(4)31(42-53-21-52-17-16-50-13)22(2)19-39(8,48)36(58-38-32(44)28(43(11)12)18-23(3)54-38)25(5)33(26(6)37(47)56-29)57-30-20-40(9,51-14)35(46)27(7)55-30;1-3-5-7-8-6-4-2/h22-30,32-36,38,44-46,48-49H,15-21H2,1-14H3;3-8H2,1-2H3/b42-31+;/t22-,23-,24+,25+,26-,27+,28+,29-,30+,32-,33+,34-,35+,36-,38+,39-,40-,41-;/m1./s1. The number of hydrogen-bond donors (Lipinski definition) is 5. The Morgan fingerprint density at radius 3 is 1.98 bits per heavy atom. The van der Waals surface area contributed by atoms with Gasteiger partial charge in [-0.2, -0.15) is 0 Å². The van der Waals surface area contributed by atoms with Crippen molar-refractivity contribution in [3.8, 4) is 0 Å². The summed E-state index contributed by atoms with van der Waals surface area (Å²) in [5.41, 5.74) is -4.49. The number of unbranched alkanes of at least 4 members (excludes halogenated alkanes) is 5. The van der Waals surface area contributed by atoms with Crippen LogP contribution < -0.4 is 0 Å². The van der Waals surface area contributed by atoms with Gasteiger partial charge in [0.2, 0.25) is 6.79 Å². The zero-order valence-electron chi connectivity index (χ0n) is 43.6. The number of cyclic esters (lactones) is 1. The summed E-state index contributed by atoms with van der Waals surface area (Å²) in [6, 6.07) is -0.328. The van der Waals surface area contributed by atoms with Gasteiger partial charge in [-0.1, -0.05) is 85.2 Å². The number of rotatable bonds is 18. The molecule has 5 N–H and O–H groups in total. The normalized spacial score (nSPS) is 41.5. The number of aliphatic hydroxyl groups is 5. The summed E-state index contributed by atoms with van der Waals surface area (Å²) in [5.74, 6) is -4.14. The number of ether oxygens (including phenoxy) is 8. The predicted molar refractivity (Wildman–Crippen MR) is 252 cm³/mol. The van der Waals surface area contributed by atoms with Crippen molar-refractivity contribution in [1.29, 1.82) is 0 Å². The predicted octanol–water partition coefficient (Wildman–Crippen LogP) is 5.58. The number of aliphatic hydroxyl groups excluding tert-OH is 3. The number of carbonyl (C=O) groups is 1. The molecule has 3 saturated heterocycles. The second kappa shape index (κ2) is 28.3.